The maximum Gasteiger partial charge on any atom is 0.295 e. The number of likely N-dealkylation sites (tertiary alicyclic amines) is 1. The first-order valence-corrected chi connectivity index (χ1v) is 15.0. The van der Waals surface area contributed by atoms with E-state index in [0.717, 1.165) is 44.3 Å². The third-order valence-electron chi connectivity index (χ3n) is 7.78. The monoisotopic (exact) mass is 580 g/mol. The molecule has 228 valence electrons. The Balaban J connectivity index is 1.73. The number of nitrogens with zero attached hydrogens (tertiary/aromatic N) is 2. The van der Waals surface area contributed by atoms with Crippen molar-refractivity contribution in [3.05, 3.63) is 58.7 Å². The molecule has 2 fully saturated rings. The standard InChI is InChI=1S/C33H44N2O7/c1-5-7-17-41-25-10-11-26(23(3)21-25)31(36)29-30(24-9-12-27(28(22-24)39-4)42-18-8-6-2)35(33(38)32(29)37)14-13-34-15-19-40-20-16-34/h9-12,21-22,30,36H,5-8,13-20H2,1-4H3/b31-29+. The van der Waals surface area contributed by atoms with Gasteiger partial charge in [-0.05, 0) is 61.2 Å². The smallest absolute Gasteiger partial charge is 0.295 e. The van der Waals surface area contributed by atoms with Crippen molar-refractivity contribution in [1.82, 2.24) is 9.80 Å². The van der Waals surface area contributed by atoms with E-state index in [4.69, 9.17) is 18.9 Å². The average molecular weight is 581 g/mol. The highest BCUT2D eigenvalue weighted by Crippen LogP contribution is 2.42. The van der Waals surface area contributed by atoms with Crippen LogP contribution < -0.4 is 14.2 Å². The van der Waals surface area contributed by atoms with Crippen molar-refractivity contribution >= 4 is 17.4 Å². The maximum absolute atomic E-state index is 13.6. The molecule has 0 radical (unpaired) electrons. The van der Waals surface area contributed by atoms with Gasteiger partial charge in [0.2, 0.25) is 0 Å². The fraction of sp³-hybridized carbons (Fsp3) is 0.515. The van der Waals surface area contributed by atoms with E-state index in [2.05, 4.69) is 18.7 Å². The van der Waals surface area contributed by atoms with E-state index in [1.54, 1.807) is 36.3 Å². The predicted octanol–water partition coefficient (Wildman–Crippen LogP) is 5.12. The van der Waals surface area contributed by atoms with Crippen LogP contribution in [0.25, 0.3) is 5.76 Å². The van der Waals surface area contributed by atoms with Crippen LogP contribution in [0.2, 0.25) is 0 Å². The summed E-state index contributed by atoms with van der Waals surface area (Å²) in [6, 6.07) is 10.0. The molecule has 0 saturated carbocycles. The van der Waals surface area contributed by atoms with E-state index in [1.807, 2.05) is 19.1 Å². The number of aliphatic hydroxyl groups excluding tert-OH is 1. The first-order chi connectivity index (χ1) is 20.4. The first kappa shape index (κ1) is 31.4. The molecule has 9 heteroatoms. The number of ketones is 1. The van der Waals surface area contributed by atoms with Crippen molar-refractivity contribution < 1.29 is 33.6 Å². The molecule has 4 rings (SSSR count). The normalized spacial score (nSPS) is 18.9. The number of morpholine rings is 1. The largest absolute Gasteiger partial charge is 0.507 e. The third kappa shape index (κ3) is 7.25. The number of unbranched alkanes of at least 4 members (excludes halogenated alkanes) is 2. The van der Waals surface area contributed by atoms with Gasteiger partial charge in [-0.2, -0.15) is 0 Å². The fourth-order valence-corrected chi connectivity index (χ4v) is 5.30. The molecule has 1 N–H and O–H groups in total. The minimum atomic E-state index is -0.787. The Morgan fingerprint density at radius 2 is 1.67 bits per heavy atom. The number of hydrogen-bond donors (Lipinski definition) is 1. The van der Waals surface area contributed by atoms with Crippen molar-refractivity contribution in [2.45, 2.75) is 52.5 Å². The van der Waals surface area contributed by atoms with Crippen molar-refractivity contribution in [3.8, 4) is 17.2 Å². The SMILES string of the molecule is CCCCOc1ccc(/C(O)=C2\C(=O)C(=O)N(CCN3CCOCC3)C2c2ccc(OCCCC)c(OC)c2)c(C)c1. The Hall–Kier alpha value is -3.56. The van der Waals surface area contributed by atoms with E-state index in [0.29, 0.717) is 67.9 Å². The summed E-state index contributed by atoms with van der Waals surface area (Å²) in [6.07, 6.45) is 3.89. The molecule has 0 aliphatic carbocycles. The number of carbonyl (C=O) groups is 2. The zero-order chi connectivity index (χ0) is 30.1. The van der Waals surface area contributed by atoms with E-state index >= 15 is 0 Å². The minimum absolute atomic E-state index is 0.0615. The van der Waals surface area contributed by atoms with Gasteiger partial charge in [-0.1, -0.05) is 32.8 Å². The van der Waals surface area contributed by atoms with E-state index in [-0.39, 0.29) is 11.3 Å². The molecule has 2 heterocycles. The van der Waals surface area contributed by atoms with Crippen molar-refractivity contribution in [2.24, 2.45) is 0 Å². The molecule has 2 aliphatic rings. The van der Waals surface area contributed by atoms with Crippen LogP contribution in [-0.4, -0.2) is 86.3 Å². The van der Waals surface area contributed by atoms with Crippen LogP contribution in [0, 0.1) is 6.92 Å². The van der Waals surface area contributed by atoms with Crippen LogP contribution in [0.5, 0.6) is 17.2 Å². The number of amides is 1. The summed E-state index contributed by atoms with van der Waals surface area (Å²) in [7, 11) is 1.56. The number of rotatable bonds is 14. The Bertz CT molecular complexity index is 1270. The lowest BCUT2D eigenvalue weighted by Crippen LogP contribution is -2.42. The summed E-state index contributed by atoms with van der Waals surface area (Å²) in [6.45, 7) is 10.9. The van der Waals surface area contributed by atoms with Crippen LogP contribution in [0.4, 0.5) is 0 Å². The third-order valence-corrected chi connectivity index (χ3v) is 7.78. The Morgan fingerprint density at radius 1 is 0.952 bits per heavy atom. The van der Waals surface area contributed by atoms with Gasteiger partial charge >= 0.3 is 0 Å². The van der Waals surface area contributed by atoms with Gasteiger partial charge in [-0.15, -0.1) is 0 Å². The lowest BCUT2D eigenvalue weighted by Gasteiger charge is -2.31. The van der Waals surface area contributed by atoms with Gasteiger partial charge in [0.1, 0.15) is 11.5 Å². The van der Waals surface area contributed by atoms with Crippen LogP contribution in [0.3, 0.4) is 0 Å². The second-order valence-corrected chi connectivity index (χ2v) is 10.7. The highest BCUT2D eigenvalue weighted by molar-refractivity contribution is 6.46. The molecular weight excluding hydrogens is 536 g/mol. The molecule has 0 spiro atoms. The van der Waals surface area contributed by atoms with Gasteiger partial charge in [-0.25, -0.2) is 0 Å². The van der Waals surface area contributed by atoms with Gasteiger partial charge in [-0.3, -0.25) is 14.5 Å². The fourth-order valence-electron chi connectivity index (χ4n) is 5.30. The Morgan fingerprint density at radius 3 is 2.33 bits per heavy atom. The average Bonchev–Trinajstić information content (AvgIpc) is 3.25. The minimum Gasteiger partial charge on any atom is -0.507 e. The van der Waals surface area contributed by atoms with Crippen molar-refractivity contribution in [3.63, 3.8) is 0 Å². The molecule has 0 aromatic heterocycles. The summed E-state index contributed by atoms with van der Waals surface area (Å²) in [5, 5.41) is 11.6. The molecule has 42 heavy (non-hydrogen) atoms. The molecule has 9 nitrogen and oxygen atoms in total. The molecule has 2 saturated heterocycles. The Kier molecular flexibility index (Phi) is 11.3. The van der Waals surface area contributed by atoms with Gasteiger partial charge in [0.15, 0.2) is 11.5 Å². The number of benzene rings is 2. The zero-order valence-electron chi connectivity index (χ0n) is 25.3. The highest BCUT2D eigenvalue weighted by atomic mass is 16.5. The summed E-state index contributed by atoms with van der Waals surface area (Å²) in [5.41, 5.74) is 1.96. The molecule has 1 unspecified atom stereocenters. The molecule has 2 aromatic carbocycles. The second kappa shape index (κ2) is 15.1. The lowest BCUT2D eigenvalue weighted by atomic mass is 9.93. The summed E-state index contributed by atoms with van der Waals surface area (Å²) in [5.74, 6) is 0.260. The summed E-state index contributed by atoms with van der Waals surface area (Å²) in [4.78, 5) is 30.9. The summed E-state index contributed by atoms with van der Waals surface area (Å²) < 4.78 is 22.9. The van der Waals surface area contributed by atoms with Crippen molar-refractivity contribution in [1.29, 1.82) is 0 Å². The van der Waals surface area contributed by atoms with Crippen LogP contribution >= 0.6 is 0 Å². The number of aryl methyl sites for hydroxylation is 1. The molecule has 2 aromatic rings. The number of methoxy groups -OCH3 is 1. The lowest BCUT2D eigenvalue weighted by molar-refractivity contribution is -0.140. The molecule has 1 amide bonds. The highest BCUT2D eigenvalue weighted by Gasteiger charge is 2.46. The number of carbonyl (C=O) groups excluding carboxylic acids is 2. The predicted molar refractivity (Wildman–Crippen MR) is 161 cm³/mol. The summed E-state index contributed by atoms with van der Waals surface area (Å²) >= 11 is 0. The molecule has 1 atom stereocenters. The second-order valence-electron chi connectivity index (χ2n) is 10.7. The number of aliphatic hydroxyl groups is 1. The van der Waals surface area contributed by atoms with Gasteiger partial charge < -0.3 is 29.0 Å². The van der Waals surface area contributed by atoms with Crippen LogP contribution in [-0.2, 0) is 14.3 Å². The topological polar surface area (TPSA) is 97.8 Å². The van der Waals surface area contributed by atoms with Gasteiger partial charge in [0.05, 0.1) is 45.2 Å². The Labute approximate surface area is 249 Å². The quantitative estimate of drug-likeness (QED) is 0.142. The molecule has 2 aliphatic heterocycles. The molecule has 0 bridgehead atoms. The zero-order valence-corrected chi connectivity index (χ0v) is 25.3. The van der Waals surface area contributed by atoms with E-state index in [1.165, 1.54) is 0 Å². The molecular formula is C33H44N2O7. The van der Waals surface area contributed by atoms with E-state index in [9.17, 15) is 14.7 Å². The van der Waals surface area contributed by atoms with Gasteiger partial charge in [0.25, 0.3) is 11.7 Å². The van der Waals surface area contributed by atoms with Gasteiger partial charge in [0, 0.05) is 31.7 Å². The number of Topliss-reactive ketones (excluding diaryl/α,β-unsaturated/α-hetero) is 1. The number of ether oxygens (including phenoxy) is 4. The maximum atomic E-state index is 13.6. The first-order valence-electron chi connectivity index (χ1n) is 15.0. The number of hydrogen-bond acceptors (Lipinski definition) is 8. The van der Waals surface area contributed by atoms with Crippen LogP contribution in [0.1, 0.15) is 62.3 Å². The van der Waals surface area contributed by atoms with Crippen molar-refractivity contribution in [2.75, 3.05) is 59.7 Å². The van der Waals surface area contributed by atoms with E-state index < -0.39 is 17.7 Å². The van der Waals surface area contributed by atoms with Crippen LogP contribution in [0.15, 0.2) is 42.0 Å².